The number of fused-ring (bicyclic) bond motifs is 1. The predicted octanol–water partition coefficient (Wildman–Crippen LogP) is 1.00. The minimum Gasteiger partial charge on any atom is -0.506 e. The molecular weight excluding hydrogens is 256 g/mol. The molecule has 3 N–H and O–H groups in total. The number of hydrogen-bond donors (Lipinski definition) is 2. The van der Waals surface area contributed by atoms with Crippen LogP contribution in [0, 0.1) is 0 Å². The molecule has 108 valence electrons. The molecule has 0 bridgehead atoms. The van der Waals surface area contributed by atoms with E-state index in [1.165, 1.54) is 0 Å². The number of aromatic hydroxyl groups is 1. The Kier molecular flexibility index (Phi) is 3.75. The molecule has 0 spiro atoms. The fourth-order valence-corrected chi connectivity index (χ4v) is 2.54. The lowest BCUT2D eigenvalue weighted by Crippen LogP contribution is -2.47. The van der Waals surface area contributed by atoms with Gasteiger partial charge in [-0.05, 0) is 31.6 Å². The third-order valence-corrected chi connectivity index (χ3v) is 3.71. The highest BCUT2D eigenvalue weighted by atomic mass is 16.4. The van der Waals surface area contributed by atoms with E-state index >= 15 is 0 Å². The van der Waals surface area contributed by atoms with Crippen molar-refractivity contribution in [2.75, 3.05) is 44.2 Å². The minimum atomic E-state index is 0.166. The van der Waals surface area contributed by atoms with E-state index in [4.69, 9.17) is 10.2 Å². The Morgan fingerprint density at radius 3 is 2.75 bits per heavy atom. The number of rotatable bonds is 4. The fraction of sp³-hybridized carbons (Fsp3) is 0.500. The quantitative estimate of drug-likeness (QED) is 0.867. The van der Waals surface area contributed by atoms with Crippen LogP contribution in [-0.4, -0.2) is 54.3 Å². The van der Waals surface area contributed by atoms with Crippen molar-refractivity contribution in [3.05, 3.63) is 18.2 Å². The largest absolute Gasteiger partial charge is 0.506 e. The lowest BCUT2D eigenvalue weighted by molar-refractivity contribution is 0.252. The highest BCUT2D eigenvalue weighted by Crippen LogP contribution is 2.28. The zero-order valence-corrected chi connectivity index (χ0v) is 11.5. The topological polar surface area (TPSA) is 78.8 Å². The first-order valence-corrected chi connectivity index (χ1v) is 7.04. The molecule has 1 aliphatic rings. The van der Waals surface area contributed by atoms with Crippen LogP contribution in [0.4, 0.5) is 6.01 Å². The van der Waals surface area contributed by atoms with Crippen LogP contribution in [0.1, 0.15) is 6.42 Å². The van der Waals surface area contributed by atoms with Gasteiger partial charge in [-0.3, -0.25) is 4.90 Å². The van der Waals surface area contributed by atoms with Gasteiger partial charge in [-0.1, -0.05) is 6.07 Å². The van der Waals surface area contributed by atoms with Crippen LogP contribution >= 0.6 is 0 Å². The summed E-state index contributed by atoms with van der Waals surface area (Å²) >= 11 is 0. The van der Waals surface area contributed by atoms with Crippen molar-refractivity contribution in [2.45, 2.75) is 6.42 Å². The molecule has 2 heterocycles. The first kappa shape index (κ1) is 13.2. The van der Waals surface area contributed by atoms with Gasteiger partial charge in [-0.25, -0.2) is 0 Å². The number of phenolic OH excluding ortho intramolecular Hbond substituents is 1. The third-order valence-electron chi connectivity index (χ3n) is 3.71. The van der Waals surface area contributed by atoms with Crippen molar-refractivity contribution in [1.82, 2.24) is 9.88 Å². The number of anilines is 1. The first-order valence-electron chi connectivity index (χ1n) is 7.04. The van der Waals surface area contributed by atoms with Crippen molar-refractivity contribution >= 4 is 17.1 Å². The van der Waals surface area contributed by atoms with Gasteiger partial charge in [-0.2, -0.15) is 4.98 Å². The number of oxazole rings is 1. The number of nitrogens with two attached hydrogens (primary N) is 1. The molecule has 1 aromatic heterocycles. The van der Waals surface area contributed by atoms with Gasteiger partial charge in [-0.15, -0.1) is 0 Å². The molecule has 6 heteroatoms. The Hall–Kier alpha value is -1.79. The minimum absolute atomic E-state index is 0.166. The van der Waals surface area contributed by atoms with Crippen molar-refractivity contribution in [3.8, 4) is 5.75 Å². The van der Waals surface area contributed by atoms with E-state index in [1.807, 2.05) is 6.07 Å². The van der Waals surface area contributed by atoms with Crippen LogP contribution in [0.25, 0.3) is 11.1 Å². The Morgan fingerprint density at radius 1 is 1.25 bits per heavy atom. The van der Waals surface area contributed by atoms with Gasteiger partial charge in [0.15, 0.2) is 11.1 Å². The summed E-state index contributed by atoms with van der Waals surface area (Å²) in [5, 5.41) is 9.76. The molecule has 0 atom stereocenters. The Bertz CT molecular complexity index is 576. The van der Waals surface area contributed by atoms with Crippen LogP contribution in [0.5, 0.6) is 5.75 Å². The second kappa shape index (κ2) is 5.68. The first-order chi connectivity index (χ1) is 9.78. The van der Waals surface area contributed by atoms with Crippen LogP contribution in [-0.2, 0) is 0 Å². The van der Waals surface area contributed by atoms with Gasteiger partial charge < -0.3 is 20.2 Å². The highest BCUT2D eigenvalue weighted by molar-refractivity contribution is 5.80. The fourth-order valence-electron chi connectivity index (χ4n) is 2.54. The van der Waals surface area contributed by atoms with Crippen LogP contribution in [0.3, 0.4) is 0 Å². The molecule has 1 fully saturated rings. The average molecular weight is 276 g/mol. The van der Waals surface area contributed by atoms with Gasteiger partial charge in [0.05, 0.1) is 0 Å². The maximum absolute atomic E-state index is 9.76. The molecule has 0 unspecified atom stereocenters. The van der Waals surface area contributed by atoms with Crippen molar-refractivity contribution in [2.24, 2.45) is 5.73 Å². The van der Waals surface area contributed by atoms with Gasteiger partial charge in [0.2, 0.25) is 0 Å². The molecule has 1 aromatic carbocycles. The smallest absolute Gasteiger partial charge is 0.298 e. The summed E-state index contributed by atoms with van der Waals surface area (Å²) in [6, 6.07) is 5.81. The Balaban J connectivity index is 1.69. The van der Waals surface area contributed by atoms with E-state index in [0.717, 1.165) is 45.7 Å². The summed E-state index contributed by atoms with van der Waals surface area (Å²) in [6.07, 6.45) is 1.04. The van der Waals surface area contributed by atoms with E-state index in [0.29, 0.717) is 17.1 Å². The monoisotopic (exact) mass is 276 g/mol. The van der Waals surface area contributed by atoms with Gasteiger partial charge in [0.25, 0.3) is 6.01 Å². The van der Waals surface area contributed by atoms with Crippen molar-refractivity contribution < 1.29 is 9.52 Å². The number of hydrogen-bond acceptors (Lipinski definition) is 6. The van der Waals surface area contributed by atoms with Crippen LogP contribution in [0.15, 0.2) is 22.6 Å². The Labute approximate surface area is 117 Å². The predicted molar refractivity (Wildman–Crippen MR) is 78.0 cm³/mol. The van der Waals surface area contributed by atoms with Gasteiger partial charge in [0, 0.05) is 26.2 Å². The molecule has 0 aliphatic carbocycles. The molecule has 3 rings (SSSR count). The second-order valence-electron chi connectivity index (χ2n) is 5.09. The van der Waals surface area contributed by atoms with E-state index in [-0.39, 0.29) is 5.75 Å². The maximum Gasteiger partial charge on any atom is 0.298 e. The number of phenols is 1. The van der Waals surface area contributed by atoms with Gasteiger partial charge in [0.1, 0.15) is 5.75 Å². The number of nitrogens with zero attached hydrogens (tertiary/aromatic N) is 3. The molecule has 0 radical (unpaired) electrons. The zero-order valence-electron chi connectivity index (χ0n) is 11.5. The summed E-state index contributed by atoms with van der Waals surface area (Å²) in [6.45, 7) is 5.55. The molecule has 0 amide bonds. The third kappa shape index (κ3) is 2.57. The molecule has 1 saturated heterocycles. The summed E-state index contributed by atoms with van der Waals surface area (Å²) in [7, 11) is 0. The lowest BCUT2D eigenvalue weighted by atomic mass is 10.3. The SMILES string of the molecule is NCCCN1CCN(c2nc3c(O)cccc3o2)CC1. The number of benzene rings is 1. The molecular formula is C14H20N4O2. The molecule has 20 heavy (non-hydrogen) atoms. The second-order valence-corrected chi connectivity index (χ2v) is 5.09. The number of piperazine rings is 1. The summed E-state index contributed by atoms with van der Waals surface area (Å²) in [5.41, 5.74) is 6.70. The summed E-state index contributed by atoms with van der Waals surface area (Å²) < 4.78 is 5.72. The molecule has 0 saturated carbocycles. The van der Waals surface area contributed by atoms with Crippen LogP contribution in [0.2, 0.25) is 0 Å². The lowest BCUT2D eigenvalue weighted by Gasteiger charge is -2.33. The maximum atomic E-state index is 9.76. The number of para-hydroxylation sites is 1. The normalized spacial score (nSPS) is 16.9. The number of aromatic nitrogens is 1. The molecule has 6 nitrogen and oxygen atoms in total. The molecule has 1 aliphatic heterocycles. The molecule has 2 aromatic rings. The highest BCUT2D eigenvalue weighted by Gasteiger charge is 2.21. The average Bonchev–Trinajstić information content (AvgIpc) is 2.91. The summed E-state index contributed by atoms with van der Waals surface area (Å²) in [5.74, 6) is 0.166. The summed E-state index contributed by atoms with van der Waals surface area (Å²) in [4.78, 5) is 8.92. The zero-order chi connectivity index (χ0) is 13.9. The van der Waals surface area contributed by atoms with Gasteiger partial charge >= 0.3 is 0 Å². The standard InChI is InChI=1S/C14H20N4O2/c15-5-2-6-17-7-9-18(10-8-17)14-16-13-11(19)3-1-4-12(13)20-14/h1,3-4,19H,2,5-10,15H2. The van der Waals surface area contributed by atoms with Crippen molar-refractivity contribution in [3.63, 3.8) is 0 Å². The van der Waals surface area contributed by atoms with E-state index in [1.54, 1.807) is 12.1 Å². The van der Waals surface area contributed by atoms with E-state index < -0.39 is 0 Å². The Morgan fingerprint density at radius 2 is 2.05 bits per heavy atom. The van der Waals surface area contributed by atoms with Crippen LogP contribution < -0.4 is 10.6 Å². The van der Waals surface area contributed by atoms with Crippen molar-refractivity contribution in [1.29, 1.82) is 0 Å². The van der Waals surface area contributed by atoms with E-state index in [9.17, 15) is 5.11 Å². The van der Waals surface area contributed by atoms with E-state index in [2.05, 4.69) is 14.8 Å².